The van der Waals surface area contributed by atoms with Crippen molar-refractivity contribution in [1.82, 2.24) is 14.7 Å². The van der Waals surface area contributed by atoms with Gasteiger partial charge in [0.1, 0.15) is 0 Å². The van der Waals surface area contributed by atoms with Crippen LogP contribution in [0.4, 0.5) is 0 Å². The minimum atomic E-state index is 0.510. The van der Waals surface area contributed by atoms with E-state index in [-0.39, 0.29) is 0 Å². The zero-order valence-corrected chi connectivity index (χ0v) is 17.5. The minimum Gasteiger partial charge on any atom is -0.377 e. The maximum Gasteiger partial charge on any atom is 0.0605 e. The van der Waals surface area contributed by atoms with Gasteiger partial charge in [0, 0.05) is 51.9 Å². The van der Waals surface area contributed by atoms with Gasteiger partial charge in [0.25, 0.3) is 0 Å². The Balaban J connectivity index is 1.49. The van der Waals surface area contributed by atoms with Crippen molar-refractivity contribution in [3.05, 3.63) is 0 Å². The Labute approximate surface area is 156 Å². The number of hydrogen-bond donors (Lipinski definition) is 0. The molecule has 2 aliphatic rings. The van der Waals surface area contributed by atoms with Crippen LogP contribution in [0.5, 0.6) is 0 Å². The van der Waals surface area contributed by atoms with Crippen molar-refractivity contribution in [1.29, 1.82) is 0 Å². The minimum absolute atomic E-state index is 0.510. The predicted octanol–water partition coefficient (Wildman–Crippen LogP) is 3.18. The second-order valence-electron chi connectivity index (χ2n) is 8.99. The molecule has 0 amide bonds. The SMILES string of the molecule is CCCC(C)CN1CCN(CCOC2CC(N(C)CC(C)C)C2)CC1. The highest BCUT2D eigenvalue weighted by Crippen LogP contribution is 2.28. The van der Waals surface area contributed by atoms with Gasteiger partial charge in [-0.3, -0.25) is 4.90 Å². The molecule has 1 unspecified atom stereocenters. The molecule has 2 rings (SSSR count). The quantitative estimate of drug-likeness (QED) is 0.568. The van der Waals surface area contributed by atoms with Gasteiger partial charge >= 0.3 is 0 Å². The Morgan fingerprint density at radius 1 is 1.04 bits per heavy atom. The number of piperazine rings is 1. The van der Waals surface area contributed by atoms with Crippen LogP contribution in [0.15, 0.2) is 0 Å². The monoisotopic (exact) mass is 353 g/mol. The molecule has 148 valence electrons. The smallest absolute Gasteiger partial charge is 0.0605 e. The van der Waals surface area contributed by atoms with Gasteiger partial charge in [0.05, 0.1) is 12.7 Å². The highest BCUT2D eigenvalue weighted by molar-refractivity contribution is 4.87. The van der Waals surface area contributed by atoms with Gasteiger partial charge in [-0.2, -0.15) is 0 Å². The average Bonchev–Trinajstić information content (AvgIpc) is 2.50. The standard InChI is InChI=1S/C21H43N3O/c1-6-7-19(4)17-24-10-8-23(9-11-24)12-13-25-21-14-20(15-21)22(5)16-18(2)3/h18-21H,6-17H2,1-5H3. The zero-order chi connectivity index (χ0) is 18.2. The van der Waals surface area contributed by atoms with Crippen molar-refractivity contribution in [2.24, 2.45) is 11.8 Å². The summed E-state index contributed by atoms with van der Waals surface area (Å²) in [5, 5.41) is 0. The van der Waals surface area contributed by atoms with E-state index in [9.17, 15) is 0 Å². The summed E-state index contributed by atoms with van der Waals surface area (Å²) in [4.78, 5) is 7.75. The lowest BCUT2D eigenvalue weighted by Gasteiger charge is -2.42. The van der Waals surface area contributed by atoms with Crippen LogP contribution in [0.25, 0.3) is 0 Å². The topological polar surface area (TPSA) is 19.0 Å². The fraction of sp³-hybridized carbons (Fsp3) is 1.00. The van der Waals surface area contributed by atoms with E-state index in [0.717, 1.165) is 31.0 Å². The highest BCUT2D eigenvalue weighted by Gasteiger charge is 2.32. The molecule has 0 bridgehead atoms. The average molecular weight is 354 g/mol. The van der Waals surface area contributed by atoms with Crippen LogP contribution < -0.4 is 0 Å². The first-order valence-corrected chi connectivity index (χ1v) is 10.7. The van der Waals surface area contributed by atoms with E-state index in [4.69, 9.17) is 4.74 Å². The molecule has 1 aliphatic heterocycles. The third-order valence-corrected chi connectivity index (χ3v) is 5.92. The molecular formula is C21H43N3O. The second kappa shape index (κ2) is 10.9. The lowest BCUT2D eigenvalue weighted by atomic mass is 9.87. The van der Waals surface area contributed by atoms with E-state index in [1.54, 1.807) is 0 Å². The molecule has 1 aliphatic carbocycles. The molecule has 1 atom stereocenters. The van der Waals surface area contributed by atoms with Crippen LogP contribution in [-0.4, -0.2) is 86.3 Å². The molecule has 1 saturated carbocycles. The number of nitrogens with zero attached hydrogens (tertiary/aromatic N) is 3. The van der Waals surface area contributed by atoms with Crippen molar-refractivity contribution in [2.45, 2.75) is 65.5 Å². The van der Waals surface area contributed by atoms with E-state index >= 15 is 0 Å². The summed E-state index contributed by atoms with van der Waals surface area (Å²) in [7, 11) is 2.27. The molecule has 0 spiro atoms. The zero-order valence-electron chi connectivity index (χ0n) is 17.5. The van der Waals surface area contributed by atoms with Gasteiger partial charge in [-0.1, -0.05) is 34.1 Å². The molecular weight excluding hydrogens is 310 g/mol. The van der Waals surface area contributed by atoms with E-state index in [2.05, 4.69) is 49.4 Å². The third kappa shape index (κ3) is 7.54. The molecule has 2 fully saturated rings. The Morgan fingerprint density at radius 3 is 2.28 bits per heavy atom. The molecule has 0 aromatic rings. The lowest BCUT2D eigenvalue weighted by Crippen LogP contribution is -2.50. The van der Waals surface area contributed by atoms with Crippen molar-refractivity contribution in [3.8, 4) is 0 Å². The third-order valence-electron chi connectivity index (χ3n) is 5.92. The molecule has 0 aromatic heterocycles. The molecule has 4 nitrogen and oxygen atoms in total. The Hall–Kier alpha value is -0.160. The van der Waals surface area contributed by atoms with E-state index in [1.165, 1.54) is 65.0 Å². The first-order chi connectivity index (χ1) is 12.0. The Kier molecular flexibility index (Phi) is 9.18. The summed E-state index contributed by atoms with van der Waals surface area (Å²) < 4.78 is 6.11. The van der Waals surface area contributed by atoms with Gasteiger partial charge in [-0.25, -0.2) is 0 Å². The fourth-order valence-electron chi connectivity index (χ4n) is 4.33. The molecule has 4 heteroatoms. The van der Waals surface area contributed by atoms with Crippen molar-refractivity contribution in [3.63, 3.8) is 0 Å². The number of rotatable bonds is 11. The molecule has 25 heavy (non-hydrogen) atoms. The summed E-state index contributed by atoms with van der Waals surface area (Å²) in [6.45, 7) is 18.7. The largest absolute Gasteiger partial charge is 0.377 e. The lowest BCUT2D eigenvalue weighted by molar-refractivity contribution is -0.0543. The van der Waals surface area contributed by atoms with Crippen LogP contribution >= 0.6 is 0 Å². The van der Waals surface area contributed by atoms with E-state index in [0.29, 0.717) is 6.10 Å². The van der Waals surface area contributed by atoms with E-state index in [1.807, 2.05) is 0 Å². The first kappa shape index (κ1) is 21.1. The van der Waals surface area contributed by atoms with Crippen molar-refractivity contribution in [2.75, 3.05) is 59.5 Å². The maximum absolute atomic E-state index is 6.11. The molecule has 0 radical (unpaired) electrons. The summed E-state index contributed by atoms with van der Waals surface area (Å²) in [5.74, 6) is 1.61. The predicted molar refractivity (Wildman–Crippen MR) is 107 cm³/mol. The van der Waals surface area contributed by atoms with Gasteiger partial charge < -0.3 is 14.5 Å². The number of hydrogen-bond acceptors (Lipinski definition) is 4. The maximum atomic E-state index is 6.11. The summed E-state index contributed by atoms with van der Waals surface area (Å²) >= 11 is 0. The summed E-state index contributed by atoms with van der Waals surface area (Å²) in [6.07, 6.45) is 5.64. The first-order valence-electron chi connectivity index (χ1n) is 10.7. The van der Waals surface area contributed by atoms with Gasteiger partial charge in [0.15, 0.2) is 0 Å². The van der Waals surface area contributed by atoms with E-state index < -0.39 is 0 Å². The Bertz CT molecular complexity index is 349. The van der Waals surface area contributed by atoms with Crippen LogP contribution in [0.2, 0.25) is 0 Å². The molecule has 0 N–H and O–H groups in total. The normalized spacial score (nSPS) is 27.0. The molecule has 0 aromatic carbocycles. The molecule has 1 heterocycles. The highest BCUT2D eigenvalue weighted by atomic mass is 16.5. The van der Waals surface area contributed by atoms with Crippen LogP contribution in [0.1, 0.15) is 53.4 Å². The van der Waals surface area contributed by atoms with Crippen LogP contribution in [0, 0.1) is 11.8 Å². The van der Waals surface area contributed by atoms with Crippen LogP contribution in [0.3, 0.4) is 0 Å². The summed E-state index contributed by atoms with van der Waals surface area (Å²) in [6, 6.07) is 0.751. The second-order valence-corrected chi connectivity index (χ2v) is 8.99. The van der Waals surface area contributed by atoms with Gasteiger partial charge in [0.2, 0.25) is 0 Å². The van der Waals surface area contributed by atoms with Crippen molar-refractivity contribution >= 4 is 0 Å². The Morgan fingerprint density at radius 2 is 1.68 bits per heavy atom. The number of ether oxygens (including phenoxy) is 1. The fourth-order valence-corrected chi connectivity index (χ4v) is 4.33. The molecule has 1 saturated heterocycles. The van der Waals surface area contributed by atoms with Crippen LogP contribution in [-0.2, 0) is 4.74 Å². The van der Waals surface area contributed by atoms with Gasteiger partial charge in [-0.15, -0.1) is 0 Å². The van der Waals surface area contributed by atoms with Crippen molar-refractivity contribution < 1.29 is 4.74 Å². The van der Waals surface area contributed by atoms with Gasteiger partial charge in [-0.05, 0) is 38.1 Å². The summed E-state index contributed by atoms with van der Waals surface area (Å²) in [5.41, 5.74) is 0.